The minimum atomic E-state index is -0.373. The first-order valence-corrected chi connectivity index (χ1v) is 9.33. The third-order valence-electron chi connectivity index (χ3n) is 4.50. The first-order chi connectivity index (χ1) is 12.1. The molecule has 3 aromatic rings. The number of halogens is 1. The molecule has 1 N–H and O–H groups in total. The average Bonchev–Trinajstić information content (AvgIpc) is 3.24. The van der Waals surface area contributed by atoms with Gasteiger partial charge in [-0.15, -0.1) is 11.3 Å². The van der Waals surface area contributed by atoms with Crippen LogP contribution in [-0.4, -0.2) is 41.6 Å². The third-order valence-corrected chi connectivity index (χ3v) is 5.59. The number of oxazole rings is 1. The molecule has 0 unspecified atom stereocenters. The number of fused-ring (bicyclic) bond motifs is 1. The Balaban J connectivity index is 1.45. The molecule has 0 radical (unpaired) electrons. The first kappa shape index (κ1) is 16.4. The van der Waals surface area contributed by atoms with Crippen molar-refractivity contribution in [2.75, 3.05) is 26.2 Å². The van der Waals surface area contributed by atoms with E-state index in [0.29, 0.717) is 30.4 Å². The minimum absolute atomic E-state index is 0.0922. The summed E-state index contributed by atoms with van der Waals surface area (Å²) in [7, 11) is 0. The molecule has 1 fully saturated rings. The number of hydrogen-bond donors (Lipinski definition) is 1. The summed E-state index contributed by atoms with van der Waals surface area (Å²) in [6.07, 6.45) is 0. The second-order valence-corrected chi connectivity index (χ2v) is 7.47. The molecule has 4 rings (SSSR count). The van der Waals surface area contributed by atoms with Crippen LogP contribution in [-0.2, 0) is 6.67 Å². The molecule has 0 spiro atoms. The lowest BCUT2D eigenvalue weighted by atomic mass is 10.3. The summed E-state index contributed by atoms with van der Waals surface area (Å²) in [5, 5.41) is 2.46. The van der Waals surface area contributed by atoms with Crippen molar-refractivity contribution in [3.05, 3.63) is 56.2 Å². The largest absolute Gasteiger partial charge is 0.424 e. The number of quaternary nitrogens is 1. The molecule has 1 saturated heterocycles. The van der Waals surface area contributed by atoms with Gasteiger partial charge in [-0.2, -0.15) is 0 Å². The van der Waals surface area contributed by atoms with E-state index in [4.69, 9.17) is 16.0 Å². The Hall–Kier alpha value is -2.09. The third kappa shape index (κ3) is 3.22. The number of benzene rings is 1. The topological polar surface area (TPSA) is 59.9 Å². The molecule has 2 aromatic heterocycles. The monoisotopic (exact) mass is 378 g/mol. The standard InChI is InChI=1S/C17H16ClN3O3S/c18-12-3-4-13-14(10-12)24-17(23)21(13)11-19-5-7-20(8-6-19)16(22)15-2-1-9-25-15/h1-4,9-10H,5-8,11H2/p+1. The molecule has 0 saturated carbocycles. The lowest BCUT2D eigenvalue weighted by Crippen LogP contribution is -3.14. The SMILES string of the molecule is O=C(c1cccs1)N1CC[NH+](Cn2c(=O)oc3cc(Cl)ccc32)CC1. The molecule has 3 heterocycles. The Bertz CT molecular complexity index is 955. The number of carbonyl (C=O) groups excluding carboxylic acids is 1. The summed E-state index contributed by atoms with van der Waals surface area (Å²) in [5.41, 5.74) is 1.25. The molecule has 0 atom stereocenters. The fraction of sp³-hybridized carbons (Fsp3) is 0.294. The van der Waals surface area contributed by atoms with Gasteiger partial charge in [-0.1, -0.05) is 17.7 Å². The highest BCUT2D eigenvalue weighted by Crippen LogP contribution is 2.18. The number of carbonyl (C=O) groups is 1. The summed E-state index contributed by atoms with van der Waals surface area (Å²) in [6, 6.07) is 8.96. The van der Waals surface area contributed by atoms with Gasteiger partial charge in [0.15, 0.2) is 12.3 Å². The molecule has 1 aliphatic heterocycles. The van der Waals surface area contributed by atoms with Crippen LogP contribution in [0.25, 0.3) is 11.1 Å². The number of hydrogen-bond acceptors (Lipinski definition) is 4. The van der Waals surface area contributed by atoms with Crippen LogP contribution < -0.4 is 10.7 Å². The van der Waals surface area contributed by atoms with Crippen LogP contribution in [0.2, 0.25) is 5.02 Å². The van der Waals surface area contributed by atoms with E-state index < -0.39 is 0 Å². The molecular formula is C17H17ClN3O3S+. The van der Waals surface area contributed by atoms with E-state index in [1.54, 1.807) is 22.8 Å². The first-order valence-electron chi connectivity index (χ1n) is 8.07. The van der Waals surface area contributed by atoms with Gasteiger partial charge >= 0.3 is 5.76 Å². The molecule has 1 amide bonds. The van der Waals surface area contributed by atoms with Crippen molar-refractivity contribution in [3.8, 4) is 0 Å². The van der Waals surface area contributed by atoms with Crippen molar-refractivity contribution in [3.63, 3.8) is 0 Å². The maximum absolute atomic E-state index is 12.4. The van der Waals surface area contributed by atoms with Crippen LogP contribution in [0.3, 0.4) is 0 Å². The molecule has 6 nitrogen and oxygen atoms in total. The Morgan fingerprint density at radius 3 is 2.80 bits per heavy atom. The maximum Gasteiger partial charge on any atom is 0.424 e. The highest BCUT2D eigenvalue weighted by Gasteiger charge is 2.26. The van der Waals surface area contributed by atoms with Gasteiger partial charge in [-0.3, -0.25) is 4.79 Å². The van der Waals surface area contributed by atoms with Gasteiger partial charge in [-0.25, -0.2) is 9.36 Å². The van der Waals surface area contributed by atoms with E-state index in [2.05, 4.69) is 0 Å². The number of aromatic nitrogens is 1. The van der Waals surface area contributed by atoms with Crippen LogP contribution in [0.5, 0.6) is 0 Å². The molecule has 1 aromatic carbocycles. The minimum Gasteiger partial charge on any atom is -0.408 e. The van der Waals surface area contributed by atoms with Crippen molar-refractivity contribution >= 4 is 39.9 Å². The number of nitrogens with one attached hydrogen (secondary N) is 1. The van der Waals surface area contributed by atoms with Crippen molar-refractivity contribution in [2.45, 2.75) is 6.67 Å². The molecule has 130 valence electrons. The zero-order valence-corrected chi connectivity index (χ0v) is 15.0. The fourth-order valence-corrected chi connectivity index (χ4v) is 4.01. The van der Waals surface area contributed by atoms with Gasteiger partial charge in [0, 0.05) is 11.1 Å². The molecule has 1 aliphatic rings. The van der Waals surface area contributed by atoms with Crippen molar-refractivity contribution < 1.29 is 14.1 Å². The summed E-state index contributed by atoms with van der Waals surface area (Å²) in [5.74, 6) is -0.281. The average molecular weight is 379 g/mol. The quantitative estimate of drug-likeness (QED) is 0.747. The number of nitrogens with zero attached hydrogens (tertiary/aromatic N) is 2. The second kappa shape index (κ2) is 6.67. The van der Waals surface area contributed by atoms with Crippen LogP contribution in [0, 0.1) is 0 Å². The Kier molecular flexibility index (Phi) is 4.37. The van der Waals surface area contributed by atoms with Crippen molar-refractivity contribution in [1.29, 1.82) is 0 Å². The van der Waals surface area contributed by atoms with Crippen LogP contribution >= 0.6 is 22.9 Å². The Labute approximate surface area is 152 Å². The lowest BCUT2D eigenvalue weighted by Gasteiger charge is -2.31. The molecule has 0 bridgehead atoms. The van der Waals surface area contributed by atoms with E-state index in [1.165, 1.54) is 16.2 Å². The zero-order valence-electron chi connectivity index (χ0n) is 13.4. The molecule has 8 heteroatoms. The Morgan fingerprint density at radius 2 is 2.08 bits per heavy atom. The van der Waals surface area contributed by atoms with Crippen LogP contribution in [0.1, 0.15) is 9.67 Å². The van der Waals surface area contributed by atoms with Crippen molar-refractivity contribution in [1.82, 2.24) is 9.47 Å². The van der Waals surface area contributed by atoms with E-state index in [1.807, 2.05) is 22.4 Å². The number of amides is 1. The van der Waals surface area contributed by atoms with Gasteiger partial charge in [0.1, 0.15) is 0 Å². The zero-order chi connectivity index (χ0) is 17.4. The van der Waals surface area contributed by atoms with Crippen LogP contribution in [0.15, 0.2) is 44.9 Å². The smallest absolute Gasteiger partial charge is 0.408 e. The number of piperazine rings is 1. The molecular weight excluding hydrogens is 362 g/mol. The van der Waals surface area contributed by atoms with E-state index in [-0.39, 0.29) is 11.7 Å². The van der Waals surface area contributed by atoms with Gasteiger partial charge in [-0.05, 0) is 23.6 Å². The molecule has 0 aliphatic carbocycles. The molecule has 25 heavy (non-hydrogen) atoms. The Morgan fingerprint density at radius 1 is 1.28 bits per heavy atom. The summed E-state index contributed by atoms with van der Waals surface area (Å²) < 4.78 is 6.91. The lowest BCUT2D eigenvalue weighted by molar-refractivity contribution is -0.926. The predicted octanol–water partition coefficient (Wildman–Crippen LogP) is 1.31. The summed E-state index contributed by atoms with van der Waals surface area (Å²) in [6.45, 7) is 3.48. The van der Waals surface area contributed by atoms with E-state index >= 15 is 0 Å². The van der Waals surface area contributed by atoms with Gasteiger partial charge < -0.3 is 14.2 Å². The number of thiophene rings is 1. The highest BCUT2D eigenvalue weighted by molar-refractivity contribution is 7.12. The predicted molar refractivity (Wildman–Crippen MR) is 96.4 cm³/mol. The normalized spacial score (nSPS) is 15.8. The number of rotatable bonds is 3. The summed E-state index contributed by atoms with van der Waals surface area (Å²) >= 11 is 7.41. The van der Waals surface area contributed by atoms with Gasteiger partial charge in [0.2, 0.25) is 0 Å². The van der Waals surface area contributed by atoms with Crippen LogP contribution in [0.4, 0.5) is 0 Å². The maximum atomic E-state index is 12.4. The van der Waals surface area contributed by atoms with Gasteiger partial charge in [0.25, 0.3) is 5.91 Å². The van der Waals surface area contributed by atoms with E-state index in [9.17, 15) is 9.59 Å². The fourth-order valence-electron chi connectivity index (χ4n) is 3.15. The second-order valence-electron chi connectivity index (χ2n) is 6.09. The van der Waals surface area contributed by atoms with E-state index in [0.717, 1.165) is 23.5 Å². The van der Waals surface area contributed by atoms with Crippen molar-refractivity contribution in [2.24, 2.45) is 0 Å². The highest BCUT2D eigenvalue weighted by atomic mass is 35.5. The van der Waals surface area contributed by atoms with Gasteiger partial charge in [0.05, 0.1) is 36.6 Å². The summed E-state index contributed by atoms with van der Waals surface area (Å²) in [4.78, 5) is 28.4.